The lowest BCUT2D eigenvalue weighted by molar-refractivity contribution is -0.141. The zero-order valence-corrected chi connectivity index (χ0v) is 16.2. The van der Waals surface area contributed by atoms with Crippen molar-refractivity contribution in [2.45, 2.75) is 12.5 Å². The highest BCUT2D eigenvalue weighted by molar-refractivity contribution is 7.90. The maximum Gasteiger partial charge on any atom is 0.257 e. The molecule has 1 aliphatic carbocycles. The number of amides is 2. The second-order valence-electron chi connectivity index (χ2n) is 6.57. The summed E-state index contributed by atoms with van der Waals surface area (Å²) in [5, 5.41) is 0. The summed E-state index contributed by atoms with van der Waals surface area (Å²) in [6.07, 6.45) is 6.71. The molecule has 144 valence electrons. The lowest BCUT2D eigenvalue weighted by atomic mass is 9.94. The number of methoxy groups -OCH3 is 2. The summed E-state index contributed by atoms with van der Waals surface area (Å²) in [6, 6.07) is 3.93. The van der Waals surface area contributed by atoms with Crippen LogP contribution in [0.25, 0.3) is 0 Å². The van der Waals surface area contributed by atoms with Crippen LogP contribution < -0.4 is 9.47 Å². The van der Waals surface area contributed by atoms with E-state index in [9.17, 15) is 18.0 Å². The number of carbonyl (C=O) groups is 2. The Balaban J connectivity index is 2.08. The van der Waals surface area contributed by atoms with Gasteiger partial charge in [0.05, 0.1) is 31.9 Å². The third-order valence-electron chi connectivity index (χ3n) is 4.73. The van der Waals surface area contributed by atoms with E-state index >= 15 is 0 Å². The van der Waals surface area contributed by atoms with Gasteiger partial charge < -0.3 is 9.47 Å². The van der Waals surface area contributed by atoms with Crippen LogP contribution in [0.5, 0.6) is 11.5 Å². The first-order valence-corrected chi connectivity index (χ1v) is 10.5. The van der Waals surface area contributed by atoms with Crippen LogP contribution in [-0.2, 0) is 19.4 Å². The number of carbonyl (C=O) groups excluding carboxylic acids is 2. The van der Waals surface area contributed by atoms with E-state index in [2.05, 4.69) is 0 Å². The van der Waals surface area contributed by atoms with Gasteiger partial charge >= 0.3 is 0 Å². The number of imide groups is 1. The molecule has 0 spiro atoms. The normalized spacial score (nSPS) is 20.3. The zero-order valence-electron chi connectivity index (χ0n) is 15.3. The Bertz CT molecular complexity index is 947. The van der Waals surface area contributed by atoms with E-state index in [0.29, 0.717) is 29.1 Å². The number of hydrogen-bond donors (Lipinski definition) is 0. The highest BCUT2D eigenvalue weighted by Gasteiger charge is 2.47. The van der Waals surface area contributed by atoms with Gasteiger partial charge in [0.2, 0.25) is 5.91 Å². The van der Waals surface area contributed by atoms with Crippen molar-refractivity contribution in [1.82, 2.24) is 4.90 Å². The van der Waals surface area contributed by atoms with Gasteiger partial charge in [-0.3, -0.25) is 14.5 Å². The van der Waals surface area contributed by atoms with Crippen LogP contribution in [-0.4, -0.2) is 51.4 Å². The number of ether oxygens (including phenoxy) is 2. The van der Waals surface area contributed by atoms with Crippen LogP contribution in [0.15, 0.2) is 42.0 Å². The average Bonchev–Trinajstić information content (AvgIpc) is 2.89. The lowest BCUT2D eigenvalue weighted by Crippen LogP contribution is -2.38. The Morgan fingerprint density at radius 3 is 2.48 bits per heavy atom. The molecule has 27 heavy (non-hydrogen) atoms. The zero-order chi connectivity index (χ0) is 19.8. The van der Waals surface area contributed by atoms with Gasteiger partial charge in [-0.15, -0.1) is 0 Å². The summed E-state index contributed by atoms with van der Waals surface area (Å²) in [5.41, 5.74) is 0.897. The molecule has 2 amide bonds. The highest BCUT2D eigenvalue weighted by atomic mass is 32.2. The molecule has 8 heteroatoms. The number of rotatable bonds is 6. The van der Waals surface area contributed by atoms with Gasteiger partial charge in [-0.2, -0.15) is 0 Å². The number of hydrogen-bond acceptors (Lipinski definition) is 6. The maximum atomic E-state index is 12.9. The van der Waals surface area contributed by atoms with Crippen LogP contribution in [0.4, 0.5) is 0 Å². The minimum absolute atomic E-state index is 0.368. The number of sulfone groups is 1. The third kappa shape index (κ3) is 3.62. The van der Waals surface area contributed by atoms with E-state index in [1.165, 1.54) is 14.2 Å². The van der Waals surface area contributed by atoms with Crippen molar-refractivity contribution >= 4 is 21.7 Å². The molecule has 3 rings (SSSR count). The van der Waals surface area contributed by atoms with E-state index in [-0.39, 0.29) is 11.7 Å². The summed E-state index contributed by atoms with van der Waals surface area (Å²) >= 11 is 0. The molecule has 0 saturated carbocycles. The summed E-state index contributed by atoms with van der Waals surface area (Å²) < 4.78 is 34.6. The second kappa shape index (κ2) is 7.19. The highest BCUT2D eigenvalue weighted by Crippen LogP contribution is 2.39. The molecule has 1 heterocycles. The van der Waals surface area contributed by atoms with Gasteiger partial charge in [-0.05, 0) is 24.1 Å². The Morgan fingerprint density at radius 1 is 1.19 bits per heavy atom. The van der Waals surface area contributed by atoms with Gasteiger partial charge in [0.1, 0.15) is 9.84 Å². The fourth-order valence-electron chi connectivity index (χ4n) is 3.45. The molecule has 1 aromatic carbocycles. The number of fused-ring (bicyclic) bond motifs is 1. The number of likely N-dealkylation sites (tertiary alicyclic amines) is 1. The van der Waals surface area contributed by atoms with Crippen molar-refractivity contribution in [3.05, 3.63) is 47.6 Å². The van der Waals surface area contributed by atoms with Crippen molar-refractivity contribution in [3.63, 3.8) is 0 Å². The van der Waals surface area contributed by atoms with Gasteiger partial charge in [0.15, 0.2) is 11.5 Å². The second-order valence-corrected chi connectivity index (χ2v) is 8.76. The summed E-state index contributed by atoms with van der Waals surface area (Å²) in [5.74, 6) is -0.876. The maximum absolute atomic E-state index is 12.9. The van der Waals surface area contributed by atoms with E-state index in [1.807, 2.05) is 6.08 Å². The fourth-order valence-corrected chi connectivity index (χ4v) is 4.37. The van der Waals surface area contributed by atoms with Crippen LogP contribution in [0.3, 0.4) is 0 Å². The molecule has 1 fully saturated rings. The Kier molecular flexibility index (Phi) is 5.10. The van der Waals surface area contributed by atoms with Crippen molar-refractivity contribution in [3.8, 4) is 11.5 Å². The molecular formula is C19H21NO6S. The minimum Gasteiger partial charge on any atom is -0.493 e. The summed E-state index contributed by atoms with van der Waals surface area (Å²) in [4.78, 5) is 26.9. The predicted octanol–water partition coefficient (Wildman–Crippen LogP) is 1.66. The predicted molar refractivity (Wildman–Crippen MR) is 99.2 cm³/mol. The molecular weight excluding hydrogens is 370 g/mol. The minimum atomic E-state index is -3.48. The van der Waals surface area contributed by atoms with Crippen LogP contribution in [0.1, 0.15) is 18.0 Å². The number of allylic oxidation sites excluding steroid dienone is 3. The molecule has 1 aliphatic heterocycles. The Labute approximate surface area is 158 Å². The molecule has 0 radical (unpaired) electrons. The van der Waals surface area contributed by atoms with E-state index < -0.39 is 27.7 Å². The number of nitrogens with zero attached hydrogens (tertiary/aromatic N) is 1. The smallest absolute Gasteiger partial charge is 0.257 e. The first-order chi connectivity index (χ1) is 12.8. The van der Waals surface area contributed by atoms with Crippen molar-refractivity contribution in [1.29, 1.82) is 0 Å². The first-order valence-electron chi connectivity index (χ1n) is 8.40. The van der Waals surface area contributed by atoms with Crippen molar-refractivity contribution in [2.24, 2.45) is 5.92 Å². The SMILES string of the molecule is COc1ccc(C(CS(C)(=O)=O)N2C(=O)C3=CC=CCC3C2=O)cc1OC. The standard InChI is InChI=1S/C19H21NO6S/c1-25-16-9-8-12(10-17(16)26-2)15(11-27(3,23)24)20-18(21)13-6-4-5-7-14(13)19(20)22/h4-6,8-10,14-15H,7,11H2,1-3H3. The summed E-state index contributed by atoms with van der Waals surface area (Å²) in [7, 11) is -0.525. The molecule has 1 aromatic rings. The average molecular weight is 391 g/mol. The molecule has 2 atom stereocenters. The molecule has 0 aromatic heterocycles. The van der Waals surface area contributed by atoms with Gasteiger partial charge in [0.25, 0.3) is 5.91 Å². The quantitative estimate of drug-likeness (QED) is 0.685. The molecule has 2 unspecified atom stereocenters. The molecule has 0 N–H and O–H groups in total. The van der Waals surface area contributed by atoms with E-state index in [1.54, 1.807) is 30.4 Å². The molecule has 7 nitrogen and oxygen atoms in total. The largest absolute Gasteiger partial charge is 0.493 e. The van der Waals surface area contributed by atoms with Gasteiger partial charge in [0, 0.05) is 11.8 Å². The van der Waals surface area contributed by atoms with Crippen molar-refractivity contribution < 1.29 is 27.5 Å². The van der Waals surface area contributed by atoms with E-state index in [0.717, 1.165) is 11.2 Å². The Morgan fingerprint density at radius 2 is 1.89 bits per heavy atom. The molecule has 2 aliphatic rings. The van der Waals surface area contributed by atoms with Crippen LogP contribution in [0.2, 0.25) is 0 Å². The first kappa shape index (κ1) is 19.2. The van der Waals surface area contributed by atoms with Crippen molar-refractivity contribution in [2.75, 3.05) is 26.2 Å². The topological polar surface area (TPSA) is 90.0 Å². The molecule has 1 saturated heterocycles. The number of benzene rings is 1. The van der Waals surface area contributed by atoms with E-state index in [4.69, 9.17) is 9.47 Å². The lowest BCUT2D eigenvalue weighted by Gasteiger charge is -2.26. The Hall–Kier alpha value is -2.61. The van der Waals surface area contributed by atoms with Gasteiger partial charge in [-0.1, -0.05) is 24.3 Å². The molecule has 0 bridgehead atoms. The van der Waals surface area contributed by atoms with Crippen LogP contribution in [0, 0.1) is 5.92 Å². The monoisotopic (exact) mass is 391 g/mol. The third-order valence-corrected chi connectivity index (χ3v) is 5.65. The summed E-state index contributed by atoms with van der Waals surface area (Å²) in [6.45, 7) is 0. The van der Waals surface area contributed by atoms with Gasteiger partial charge in [-0.25, -0.2) is 8.42 Å². The fraction of sp³-hybridized carbons (Fsp3) is 0.368. The van der Waals surface area contributed by atoms with Crippen LogP contribution >= 0.6 is 0 Å².